The number of ether oxygens (including phenoxy) is 4. The van der Waals surface area contributed by atoms with Gasteiger partial charge in [-0.1, -0.05) is 0 Å². The Labute approximate surface area is 92.6 Å². The zero-order valence-electron chi connectivity index (χ0n) is 10.2. The summed E-state index contributed by atoms with van der Waals surface area (Å²) in [4.78, 5) is 0. The van der Waals surface area contributed by atoms with Crippen LogP contribution in [0.3, 0.4) is 0 Å². The van der Waals surface area contributed by atoms with Crippen molar-refractivity contribution in [2.45, 2.75) is 44.3 Å². The Hall–Kier alpha value is -0.0951. The summed E-state index contributed by atoms with van der Waals surface area (Å²) >= 11 is 0. The largest absolute Gasteiger partial charge is 0.377 e. The van der Waals surface area contributed by atoms with Gasteiger partial charge < -0.3 is 18.9 Å². The Morgan fingerprint density at radius 3 is 2.27 bits per heavy atom. The first-order chi connectivity index (χ1) is 7.10. The molecule has 1 saturated heterocycles. The van der Waals surface area contributed by atoms with E-state index in [0.717, 1.165) is 0 Å². The van der Waals surface area contributed by atoms with Gasteiger partial charge in [0.1, 0.15) is 26.2 Å². The van der Waals surface area contributed by atoms with Crippen molar-refractivity contribution in [2.24, 2.45) is 0 Å². The highest BCUT2D eigenvalue weighted by molar-refractivity contribution is 6.11. The van der Waals surface area contributed by atoms with Gasteiger partial charge in [-0.05, 0) is 13.8 Å². The molecule has 1 rings (SSSR count). The molecule has 0 saturated carbocycles. The van der Waals surface area contributed by atoms with E-state index in [4.69, 9.17) is 18.9 Å². The van der Waals surface area contributed by atoms with Crippen molar-refractivity contribution in [3.05, 3.63) is 0 Å². The van der Waals surface area contributed by atoms with E-state index in [9.17, 15) is 0 Å². The number of hydrogen-bond acceptors (Lipinski definition) is 4. The van der Waals surface area contributed by atoms with Gasteiger partial charge >= 0.3 is 0 Å². The van der Waals surface area contributed by atoms with Gasteiger partial charge in [0.15, 0.2) is 0 Å². The third-order valence-electron chi connectivity index (χ3n) is 2.68. The minimum atomic E-state index is -0.0382. The van der Waals surface area contributed by atoms with Crippen LogP contribution >= 0.6 is 0 Å². The normalized spacial score (nSPS) is 36.3. The Morgan fingerprint density at radius 2 is 1.80 bits per heavy atom. The Morgan fingerprint density at radius 1 is 1.20 bits per heavy atom. The van der Waals surface area contributed by atoms with Crippen LogP contribution in [0.1, 0.15) is 13.8 Å². The third-order valence-corrected chi connectivity index (χ3v) is 2.68. The highest BCUT2D eigenvalue weighted by Gasteiger charge is 2.42. The smallest absolute Gasteiger partial charge is 0.142 e. The number of hydrogen-bond donors (Lipinski definition) is 0. The van der Waals surface area contributed by atoms with Crippen molar-refractivity contribution in [1.29, 1.82) is 0 Å². The summed E-state index contributed by atoms with van der Waals surface area (Å²) in [5.74, 6) is 0. The van der Waals surface area contributed by atoms with Gasteiger partial charge in [0, 0.05) is 14.2 Å². The maximum Gasteiger partial charge on any atom is 0.142 e. The summed E-state index contributed by atoms with van der Waals surface area (Å²) in [7, 11) is 5.36. The maximum absolute atomic E-state index is 5.74. The third kappa shape index (κ3) is 3.18. The summed E-state index contributed by atoms with van der Waals surface area (Å²) in [5, 5.41) is 0. The molecule has 0 spiro atoms. The fourth-order valence-electron chi connectivity index (χ4n) is 1.94. The molecule has 0 amide bonds. The van der Waals surface area contributed by atoms with Crippen LogP contribution in [0, 0.1) is 0 Å². The summed E-state index contributed by atoms with van der Waals surface area (Å²) in [5.41, 5.74) is 0. The van der Waals surface area contributed by atoms with Crippen LogP contribution in [0.5, 0.6) is 0 Å². The van der Waals surface area contributed by atoms with Crippen LogP contribution in [-0.4, -0.2) is 59.1 Å². The molecule has 5 heteroatoms. The molecule has 1 aliphatic rings. The van der Waals surface area contributed by atoms with E-state index in [-0.39, 0.29) is 30.4 Å². The van der Waals surface area contributed by atoms with E-state index in [1.165, 1.54) is 0 Å². The Kier molecular flexibility index (Phi) is 5.05. The van der Waals surface area contributed by atoms with Gasteiger partial charge in [-0.2, -0.15) is 0 Å². The van der Waals surface area contributed by atoms with Gasteiger partial charge in [0.2, 0.25) is 0 Å². The van der Waals surface area contributed by atoms with Gasteiger partial charge in [0.05, 0.1) is 18.7 Å². The van der Waals surface area contributed by atoms with Crippen molar-refractivity contribution >= 4 is 7.85 Å². The van der Waals surface area contributed by atoms with Gasteiger partial charge in [0.25, 0.3) is 0 Å². The van der Waals surface area contributed by atoms with E-state index < -0.39 is 0 Å². The predicted molar refractivity (Wildman–Crippen MR) is 59.9 cm³/mol. The van der Waals surface area contributed by atoms with Crippen molar-refractivity contribution in [1.82, 2.24) is 0 Å². The van der Waals surface area contributed by atoms with Crippen LogP contribution < -0.4 is 0 Å². The quantitative estimate of drug-likeness (QED) is 0.596. The van der Waals surface area contributed by atoms with Crippen molar-refractivity contribution in [3.63, 3.8) is 0 Å². The average Bonchev–Trinajstić information content (AvgIpc) is 2.50. The Balaban J connectivity index is 2.50. The van der Waals surface area contributed by atoms with E-state index >= 15 is 0 Å². The molecule has 0 aromatic carbocycles. The lowest BCUT2D eigenvalue weighted by Crippen LogP contribution is -2.38. The summed E-state index contributed by atoms with van der Waals surface area (Å²) in [6, 6.07) is 0.0562. The maximum atomic E-state index is 5.74. The SMILES string of the molecule is BC1OC(COC(C)C)C(OC)C1OC. The minimum absolute atomic E-state index is 0.00392. The molecular formula is C10H21BO4. The number of rotatable bonds is 5. The molecule has 1 fully saturated rings. The second-order valence-corrected chi connectivity index (χ2v) is 4.16. The highest BCUT2D eigenvalue weighted by Crippen LogP contribution is 2.24. The molecule has 0 aromatic heterocycles. The summed E-state index contributed by atoms with van der Waals surface area (Å²) < 4.78 is 22.0. The van der Waals surface area contributed by atoms with Crippen LogP contribution in [0.15, 0.2) is 0 Å². The molecule has 4 unspecified atom stereocenters. The van der Waals surface area contributed by atoms with Crippen LogP contribution in [-0.2, 0) is 18.9 Å². The molecule has 0 aliphatic carbocycles. The Bertz CT molecular complexity index is 188. The lowest BCUT2D eigenvalue weighted by Gasteiger charge is -2.21. The van der Waals surface area contributed by atoms with Crippen LogP contribution in [0.2, 0.25) is 0 Å². The average molecular weight is 216 g/mol. The molecule has 0 bridgehead atoms. The lowest BCUT2D eigenvalue weighted by atomic mass is 9.93. The molecule has 15 heavy (non-hydrogen) atoms. The van der Waals surface area contributed by atoms with Gasteiger partial charge in [-0.25, -0.2) is 0 Å². The zero-order valence-corrected chi connectivity index (χ0v) is 10.2. The molecule has 1 heterocycles. The first-order valence-corrected chi connectivity index (χ1v) is 5.42. The zero-order chi connectivity index (χ0) is 11.4. The predicted octanol–water partition coefficient (Wildman–Crippen LogP) is -0.201. The topological polar surface area (TPSA) is 36.9 Å². The summed E-state index contributed by atoms with van der Waals surface area (Å²) in [6.45, 7) is 4.57. The molecule has 1 aliphatic heterocycles. The van der Waals surface area contributed by atoms with Crippen molar-refractivity contribution in [3.8, 4) is 0 Å². The van der Waals surface area contributed by atoms with Crippen LogP contribution in [0.25, 0.3) is 0 Å². The first-order valence-electron chi connectivity index (χ1n) is 5.42. The molecular weight excluding hydrogens is 195 g/mol. The molecule has 4 atom stereocenters. The number of methoxy groups -OCH3 is 2. The van der Waals surface area contributed by atoms with Gasteiger partial charge in [-0.3, -0.25) is 0 Å². The highest BCUT2D eigenvalue weighted by atomic mass is 16.6. The first kappa shape index (κ1) is 13.0. The molecule has 4 nitrogen and oxygen atoms in total. The van der Waals surface area contributed by atoms with E-state index in [1.807, 2.05) is 21.7 Å². The van der Waals surface area contributed by atoms with Crippen LogP contribution in [0.4, 0.5) is 0 Å². The second kappa shape index (κ2) is 5.84. The standard InChI is InChI=1S/C10H21BO4/c1-6(2)14-5-7-8(12-3)9(13-4)10(11)15-7/h6-10H,5,11H2,1-4H3. The fourth-order valence-corrected chi connectivity index (χ4v) is 1.94. The minimum Gasteiger partial charge on any atom is -0.377 e. The van der Waals surface area contributed by atoms with E-state index in [1.54, 1.807) is 14.2 Å². The van der Waals surface area contributed by atoms with E-state index in [2.05, 4.69) is 0 Å². The molecule has 88 valence electrons. The van der Waals surface area contributed by atoms with Crippen molar-refractivity contribution in [2.75, 3.05) is 20.8 Å². The fraction of sp³-hybridized carbons (Fsp3) is 1.00. The lowest BCUT2D eigenvalue weighted by molar-refractivity contribution is -0.0647. The summed E-state index contributed by atoms with van der Waals surface area (Å²) in [6.07, 6.45) is 0.139. The molecule has 0 aromatic rings. The van der Waals surface area contributed by atoms with Gasteiger partial charge in [-0.15, -0.1) is 0 Å². The van der Waals surface area contributed by atoms with E-state index in [0.29, 0.717) is 6.61 Å². The molecule has 0 radical (unpaired) electrons. The molecule has 0 N–H and O–H groups in total. The second-order valence-electron chi connectivity index (χ2n) is 4.16. The van der Waals surface area contributed by atoms with Crippen molar-refractivity contribution < 1.29 is 18.9 Å². The monoisotopic (exact) mass is 216 g/mol.